The van der Waals surface area contributed by atoms with Crippen LogP contribution in [0.5, 0.6) is 28.7 Å². The second-order valence-electron chi connectivity index (χ2n) is 7.01. The number of ether oxygens (including phenoxy) is 2. The molecule has 7 heteroatoms. The van der Waals surface area contributed by atoms with Gasteiger partial charge in [-0.1, -0.05) is 13.8 Å². The lowest BCUT2D eigenvalue weighted by Gasteiger charge is -2.22. The molecule has 26 heavy (non-hydrogen) atoms. The van der Waals surface area contributed by atoms with Crippen molar-refractivity contribution in [3.63, 3.8) is 0 Å². The van der Waals surface area contributed by atoms with Crippen molar-refractivity contribution in [2.75, 3.05) is 7.11 Å². The fourth-order valence-electron chi connectivity index (χ4n) is 3.48. The standard InChI is InChI=1S/C19H18O7/c1-7-19(2,3)11-14(23)10-12(21)8-5-6-9(20)13(22)15(8)26-16(10)18(24-4)17(11)25-7/h5-7,20,22-23H,1-4H3. The Morgan fingerprint density at radius 2 is 1.81 bits per heavy atom. The highest BCUT2D eigenvalue weighted by Crippen LogP contribution is 2.55. The molecule has 0 spiro atoms. The van der Waals surface area contributed by atoms with Crippen LogP contribution >= 0.6 is 0 Å². The van der Waals surface area contributed by atoms with E-state index in [1.807, 2.05) is 20.8 Å². The van der Waals surface area contributed by atoms with E-state index in [4.69, 9.17) is 13.9 Å². The molecule has 0 saturated carbocycles. The summed E-state index contributed by atoms with van der Waals surface area (Å²) in [5.41, 5.74) is -0.855. The summed E-state index contributed by atoms with van der Waals surface area (Å²) in [5.74, 6) is -0.744. The number of benzene rings is 2. The summed E-state index contributed by atoms with van der Waals surface area (Å²) >= 11 is 0. The number of rotatable bonds is 1. The molecule has 1 atom stereocenters. The molecule has 0 radical (unpaired) electrons. The summed E-state index contributed by atoms with van der Waals surface area (Å²) in [6.07, 6.45) is -0.268. The predicted octanol–water partition coefficient (Wildman–Crippen LogP) is 3.13. The lowest BCUT2D eigenvalue weighted by atomic mass is 9.80. The van der Waals surface area contributed by atoms with Crippen LogP contribution in [0.1, 0.15) is 26.3 Å². The normalized spacial score (nSPS) is 18.1. The zero-order chi connectivity index (χ0) is 19.0. The summed E-state index contributed by atoms with van der Waals surface area (Å²) in [5, 5.41) is 30.7. The maximum atomic E-state index is 13.0. The first-order valence-electron chi connectivity index (χ1n) is 8.11. The van der Waals surface area contributed by atoms with Crippen molar-refractivity contribution in [3.05, 3.63) is 27.9 Å². The number of hydrogen-bond donors (Lipinski definition) is 3. The Balaban J connectivity index is 2.29. The molecule has 0 aliphatic carbocycles. The molecule has 2 aromatic carbocycles. The third kappa shape index (κ3) is 1.80. The fourth-order valence-corrected chi connectivity index (χ4v) is 3.48. The van der Waals surface area contributed by atoms with Crippen molar-refractivity contribution >= 4 is 21.9 Å². The molecule has 1 unspecified atom stereocenters. The zero-order valence-corrected chi connectivity index (χ0v) is 14.7. The molecule has 1 aliphatic heterocycles. The maximum Gasteiger partial charge on any atom is 0.205 e. The zero-order valence-electron chi connectivity index (χ0n) is 14.7. The number of fused-ring (bicyclic) bond motifs is 3. The van der Waals surface area contributed by atoms with Crippen LogP contribution in [-0.4, -0.2) is 28.5 Å². The highest BCUT2D eigenvalue weighted by molar-refractivity contribution is 6.01. The van der Waals surface area contributed by atoms with Gasteiger partial charge in [-0.05, 0) is 19.1 Å². The Morgan fingerprint density at radius 3 is 2.46 bits per heavy atom. The molecule has 2 heterocycles. The van der Waals surface area contributed by atoms with Gasteiger partial charge in [-0.25, -0.2) is 0 Å². The number of hydrogen-bond acceptors (Lipinski definition) is 7. The Labute approximate surface area is 148 Å². The van der Waals surface area contributed by atoms with Crippen LogP contribution in [0.2, 0.25) is 0 Å². The molecule has 0 bridgehead atoms. The van der Waals surface area contributed by atoms with E-state index in [1.165, 1.54) is 19.2 Å². The van der Waals surface area contributed by atoms with Crippen LogP contribution in [-0.2, 0) is 5.41 Å². The van der Waals surface area contributed by atoms with E-state index in [-0.39, 0.29) is 39.5 Å². The third-order valence-electron chi connectivity index (χ3n) is 5.29. The van der Waals surface area contributed by atoms with Crippen LogP contribution < -0.4 is 14.9 Å². The fraction of sp³-hybridized carbons (Fsp3) is 0.316. The first-order valence-corrected chi connectivity index (χ1v) is 8.11. The average molecular weight is 358 g/mol. The lowest BCUT2D eigenvalue weighted by Crippen LogP contribution is -2.29. The topological polar surface area (TPSA) is 109 Å². The SMILES string of the molecule is COc1c2c(c(O)c3c(=O)c4ccc(O)c(O)c4oc13)C(C)(C)C(C)O2. The number of methoxy groups -OCH3 is 1. The van der Waals surface area contributed by atoms with Crippen LogP contribution in [0.3, 0.4) is 0 Å². The summed E-state index contributed by atoms with van der Waals surface area (Å²) in [6, 6.07) is 2.52. The molecule has 1 aromatic heterocycles. The second kappa shape index (κ2) is 4.97. The van der Waals surface area contributed by atoms with Crippen molar-refractivity contribution in [2.24, 2.45) is 0 Å². The van der Waals surface area contributed by atoms with Crippen LogP contribution in [0.25, 0.3) is 21.9 Å². The molecule has 0 amide bonds. The largest absolute Gasteiger partial charge is 0.507 e. The van der Waals surface area contributed by atoms with Crippen molar-refractivity contribution in [2.45, 2.75) is 32.3 Å². The Morgan fingerprint density at radius 1 is 1.12 bits per heavy atom. The Bertz CT molecular complexity index is 1140. The molecular formula is C19H18O7. The highest BCUT2D eigenvalue weighted by atomic mass is 16.5. The van der Waals surface area contributed by atoms with Gasteiger partial charge in [0.2, 0.25) is 16.9 Å². The van der Waals surface area contributed by atoms with E-state index >= 15 is 0 Å². The minimum atomic E-state index is -0.557. The molecule has 4 rings (SSSR count). The number of phenols is 3. The van der Waals surface area contributed by atoms with Gasteiger partial charge in [0.25, 0.3) is 0 Å². The van der Waals surface area contributed by atoms with Gasteiger partial charge in [-0.15, -0.1) is 0 Å². The van der Waals surface area contributed by atoms with Crippen molar-refractivity contribution in [3.8, 4) is 28.7 Å². The Hall–Kier alpha value is -3.09. The van der Waals surface area contributed by atoms with Crippen LogP contribution in [0, 0.1) is 0 Å². The van der Waals surface area contributed by atoms with E-state index in [9.17, 15) is 20.1 Å². The smallest absolute Gasteiger partial charge is 0.205 e. The van der Waals surface area contributed by atoms with Crippen molar-refractivity contribution < 1.29 is 29.2 Å². The van der Waals surface area contributed by atoms with Crippen molar-refractivity contribution in [1.82, 2.24) is 0 Å². The quantitative estimate of drug-likeness (QED) is 0.453. The molecule has 0 fully saturated rings. The summed E-state index contributed by atoms with van der Waals surface area (Å²) < 4.78 is 17.0. The van der Waals surface area contributed by atoms with Crippen LogP contribution in [0.4, 0.5) is 0 Å². The Kier molecular flexibility index (Phi) is 3.13. The van der Waals surface area contributed by atoms with E-state index < -0.39 is 22.3 Å². The van der Waals surface area contributed by atoms with Gasteiger partial charge in [-0.2, -0.15) is 0 Å². The monoisotopic (exact) mass is 358 g/mol. The lowest BCUT2D eigenvalue weighted by molar-refractivity contribution is 0.180. The number of aromatic hydroxyl groups is 3. The van der Waals surface area contributed by atoms with Gasteiger partial charge < -0.3 is 29.2 Å². The van der Waals surface area contributed by atoms with Gasteiger partial charge in [-0.3, -0.25) is 4.79 Å². The van der Waals surface area contributed by atoms with Gasteiger partial charge >= 0.3 is 0 Å². The van der Waals surface area contributed by atoms with Crippen LogP contribution in [0.15, 0.2) is 21.3 Å². The summed E-state index contributed by atoms with van der Waals surface area (Å²) in [4.78, 5) is 13.0. The molecule has 1 aliphatic rings. The van der Waals surface area contributed by atoms with Gasteiger partial charge in [0.1, 0.15) is 17.2 Å². The van der Waals surface area contributed by atoms with E-state index in [0.717, 1.165) is 0 Å². The molecule has 0 saturated heterocycles. The van der Waals surface area contributed by atoms with Gasteiger partial charge in [0.05, 0.1) is 18.1 Å². The molecule has 3 N–H and O–H groups in total. The molecule has 7 nitrogen and oxygen atoms in total. The maximum absolute atomic E-state index is 13.0. The second-order valence-corrected chi connectivity index (χ2v) is 7.01. The summed E-state index contributed by atoms with van der Waals surface area (Å²) in [6.45, 7) is 5.67. The predicted molar refractivity (Wildman–Crippen MR) is 94.7 cm³/mol. The average Bonchev–Trinajstić information content (AvgIpc) is 2.81. The molecular weight excluding hydrogens is 340 g/mol. The minimum Gasteiger partial charge on any atom is -0.507 e. The highest BCUT2D eigenvalue weighted by Gasteiger charge is 2.45. The molecule has 136 valence electrons. The number of phenolic OH excluding ortho intramolecular Hbond substituents is 3. The van der Waals surface area contributed by atoms with E-state index in [2.05, 4.69) is 0 Å². The first kappa shape index (κ1) is 16.4. The van der Waals surface area contributed by atoms with Gasteiger partial charge in [0, 0.05) is 5.41 Å². The van der Waals surface area contributed by atoms with Gasteiger partial charge in [0.15, 0.2) is 22.7 Å². The summed E-state index contributed by atoms with van der Waals surface area (Å²) in [7, 11) is 1.40. The molecule has 3 aromatic rings. The van der Waals surface area contributed by atoms with Crippen molar-refractivity contribution in [1.29, 1.82) is 0 Å². The van der Waals surface area contributed by atoms with E-state index in [0.29, 0.717) is 11.3 Å². The third-order valence-corrected chi connectivity index (χ3v) is 5.29. The minimum absolute atomic E-state index is 0.0369. The first-order chi connectivity index (χ1) is 12.2. The van der Waals surface area contributed by atoms with E-state index in [1.54, 1.807) is 0 Å².